The van der Waals surface area contributed by atoms with Crippen molar-refractivity contribution in [1.82, 2.24) is 4.90 Å². The van der Waals surface area contributed by atoms with Gasteiger partial charge in [-0.25, -0.2) is 4.79 Å². The molecule has 0 fully saturated rings. The molecule has 0 aromatic heterocycles. The van der Waals surface area contributed by atoms with Gasteiger partial charge < -0.3 is 14.7 Å². The van der Waals surface area contributed by atoms with Gasteiger partial charge in [-0.15, -0.1) is 0 Å². The lowest BCUT2D eigenvalue weighted by Crippen LogP contribution is -2.36. The lowest BCUT2D eigenvalue weighted by Gasteiger charge is -2.42. The lowest BCUT2D eigenvalue weighted by molar-refractivity contribution is -0.144. The zero-order valence-electron chi connectivity index (χ0n) is 19.4. The summed E-state index contributed by atoms with van der Waals surface area (Å²) in [5.41, 5.74) is 3.55. The Labute approximate surface area is 189 Å². The Kier molecular flexibility index (Phi) is 6.44. The Morgan fingerprint density at radius 2 is 1.53 bits per heavy atom. The predicted molar refractivity (Wildman–Crippen MR) is 122 cm³/mol. The molecule has 0 spiro atoms. The maximum absolute atomic E-state index is 13.3. The molecule has 2 aromatic rings. The van der Waals surface area contributed by atoms with Gasteiger partial charge in [0, 0.05) is 13.5 Å². The van der Waals surface area contributed by atoms with Crippen molar-refractivity contribution in [2.45, 2.75) is 64.8 Å². The molecule has 32 heavy (non-hydrogen) atoms. The molecule has 0 atom stereocenters. The van der Waals surface area contributed by atoms with Crippen LogP contribution in [-0.2, 0) is 26.9 Å². The maximum atomic E-state index is 13.3. The fourth-order valence-corrected chi connectivity index (χ4v) is 4.33. The number of carbonyl (C=O) groups excluding carboxylic acids is 2. The minimum atomic E-state index is -1.18. The zero-order chi connectivity index (χ0) is 23.7. The number of nitrogens with zero attached hydrogens (tertiary/aromatic N) is 1. The number of carbonyl (C=O) groups is 3. The second-order valence-electron chi connectivity index (χ2n) is 9.77. The van der Waals surface area contributed by atoms with Crippen molar-refractivity contribution in [2.75, 3.05) is 6.73 Å². The molecule has 1 aliphatic rings. The highest BCUT2D eigenvalue weighted by atomic mass is 16.5. The number of hydrogen-bond acceptors (Lipinski definition) is 4. The van der Waals surface area contributed by atoms with Gasteiger partial charge in [0.25, 0.3) is 5.91 Å². The van der Waals surface area contributed by atoms with Crippen molar-refractivity contribution in [1.29, 1.82) is 0 Å². The molecule has 1 aliphatic carbocycles. The minimum Gasteiger partial charge on any atom is -0.478 e. The van der Waals surface area contributed by atoms with Crippen LogP contribution in [0.4, 0.5) is 0 Å². The second-order valence-corrected chi connectivity index (χ2v) is 9.77. The Balaban J connectivity index is 1.97. The van der Waals surface area contributed by atoms with Crippen LogP contribution >= 0.6 is 0 Å². The highest BCUT2D eigenvalue weighted by Crippen LogP contribution is 2.46. The highest BCUT2D eigenvalue weighted by molar-refractivity contribution is 6.04. The Morgan fingerprint density at radius 1 is 0.938 bits per heavy atom. The third-order valence-electron chi connectivity index (χ3n) is 6.39. The first-order valence-corrected chi connectivity index (χ1v) is 10.8. The molecule has 0 unspecified atom stereocenters. The van der Waals surface area contributed by atoms with E-state index in [0.717, 1.165) is 18.4 Å². The SMILES string of the molecule is CC(=O)OCN(Cc1ccc2c(c1)C(C)(C)CCC2(C)C)C(=O)c1ccccc1C(=O)O. The number of fused-ring (bicyclic) bond motifs is 1. The summed E-state index contributed by atoms with van der Waals surface area (Å²) in [5, 5.41) is 9.49. The Hall–Kier alpha value is -3.15. The first-order chi connectivity index (χ1) is 14.9. The molecular weight excluding hydrogens is 406 g/mol. The van der Waals surface area contributed by atoms with Crippen LogP contribution in [0, 0.1) is 0 Å². The molecule has 2 aromatic carbocycles. The third-order valence-corrected chi connectivity index (χ3v) is 6.39. The Bertz CT molecular complexity index is 1050. The van der Waals surface area contributed by atoms with Crippen LogP contribution in [0.5, 0.6) is 0 Å². The number of benzene rings is 2. The second kappa shape index (κ2) is 8.77. The van der Waals surface area contributed by atoms with E-state index < -0.39 is 17.8 Å². The molecule has 170 valence electrons. The van der Waals surface area contributed by atoms with Gasteiger partial charge >= 0.3 is 11.9 Å². The van der Waals surface area contributed by atoms with E-state index in [2.05, 4.69) is 39.8 Å². The standard InChI is InChI=1S/C26H31NO5/c1-17(28)32-16-27(23(29)19-8-6-7-9-20(19)24(30)31)15-18-10-11-21-22(14-18)26(4,5)13-12-25(21,2)3/h6-11,14H,12-13,15-16H2,1-5H3,(H,30,31). The lowest BCUT2D eigenvalue weighted by atomic mass is 9.63. The fraction of sp³-hybridized carbons (Fsp3) is 0.423. The molecule has 0 saturated carbocycles. The zero-order valence-corrected chi connectivity index (χ0v) is 19.4. The summed E-state index contributed by atoms with van der Waals surface area (Å²) >= 11 is 0. The quantitative estimate of drug-likeness (QED) is 0.513. The number of esters is 1. The van der Waals surface area contributed by atoms with Crippen LogP contribution in [-0.4, -0.2) is 34.6 Å². The van der Waals surface area contributed by atoms with E-state index in [0.29, 0.717) is 0 Å². The highest BCUT2D eigenvalue weighted by Gasteiger charge is 2.37. The van der Waals surface area contributed by atoms with E-state index >= 15 is 0 Å². The molecule has 0 heterocycles. The fourth-order valence-electron chi connectivity index (χ4n) is 4.33. The maximum Gasteiger partial charge on any atom is 0.336 e. The van der Waals surface area contributed by atoms with Gasteiger partial charge in [-0.3, -0.25) is 9.59 Å². The van der Waals surface area contributed by atoms with E-state index in [1.807, 2.05) is 6.07 Å². The van der Waals surface area contributed by atoms with Gasteiger partial charge in [0.2, 0.25) is 0 Å². The van der Waals surface area contributed by atoms with Crippen LogP contribution in [0.15, 0.2) is 42.5 Å². The number of hydrogen-bond donors (Lipinski definition) is 1. The van der Waals surface area contributed by atoms with E-state index in [4.69, 9.17) is 4.74 Å². The van der Waals surface area contributed by atoms with E-state index in [1.165, 1.54) is 35.1 Å². The Morgan fingerprint density at radius 3 is 2.12 bits per heavy atom. The summed E-state index contributed by atoms with van der Waals surface area (Å²) < 4.78 is 5.12. The number of rotatable bonds is 6. The summed E-state index contributed by atoms with van der Waals surface area (Å²) in [6.45, 7) is 10.2. The minimum absolute atomic E-state index is 0.0154. The number of carboxylic acid groups (broad SMARTS) is 1. The van der Waals surface area contributed by atoms with Crippen molar-refractivity contribution < 1.29 is 24.2 Å². The average molecular weight is 438 g/mol. The molecule has 6 nitrogen and oxygen atoms in total. The van der Waals surface area contributed by atoms with Crippen LogP contribution < -0.4 is 0 Å². The first kappa shape index (κ1) is 23.5. The summed E-state index contributed by atoms with van der Waals surface area (Å²) in [5.74, 6) is -2.19. The normalized spacial score (nSPS) is 16.0. The molecule has 0 saturated heterocycles. The van der Waals surface area contributed by atoms with Crippen LogP contribution in [0.25, 0.3) is 0 Å². The van der Waals surface area contributed by atoms with Crippen molar-refractivity contribution in [3.8, 4) is 0 Å². The van der Waals surface area contributed by atoms with Crippen molar-refractivity contribution in [3.63, 3.8) is 0 Å². The molecule has 6 heteroatoms. The van der Waals surface area contributed by atoms with Crippen LogP contribution in [0.2, 0.25) is 0 Å². The molecule has 1 amide bonds. The summed E-state index contributed by atoms with van der Waals surface area (Å²) in [4.78, 5) is 37.7. The van der Waals surface area contributed by atoms with Gasteiger partial charge in [-0.05, 0) is 52.5 Å². The van der Waals surface area contributed by atoms with Gasteiger partial charge in [-0.2, -0.15) is 0 Å². The van der Waals surface area contributed by atoms with E-state index in [-0.39, 0.29) is 35.2 Å². The molecule has 3 rings (SSSR count). The van der Waals surface area contributed by atoms with Gasteiger partial charge in [-0.1, -0.05) is 58.0 Å². The molecule has 0 radical (unpaired) electrons. The summed E-state index contributed by atoms with van der Waals surface area (Å²) in [6, 6.07) is 12.3. The van der Waals surface area contributed by atoms with Crippen LogP contribution in [0.1, 0.15) is 84.9 Å². The summed E-state index contributed by atoms with van der Waals surface area (Å²) in [6.07, 6.45) is 2.17. The molecular formula is C26H31NO5. The smallest absolute Gasteiger partial charge is 0.336 e. The topological polar surface area (TPSA) is 83.9 Å². The largest absolute Gasteiger partial charge is 0.478 e. The van der Waals surface area contributed by atoms with E-state index in [1.54, 1.807) is 12.1 Å². The van der Waals surface area contributed by atoms with E-state index in [9.17, 15) is 19.5 Å². The molecule has 1 N–H and O–H groups in total. The molecule has 0 bridgehead atoms. The number of carboxylic acids is 1. The van der Waals surface area contributed by atoms with Crippen molar-refractivity contribution >= 4 is 17.8 Å². The van der Waals surface area contributed by atoms with Crippen molar-refractivity contribution in [2.24, 2.45) is 0 Å². The predicted octanol–water partition coefficient (Wildman–Crippen LogP) is 4.90. The number of ether oxygens (including phenoxy) is 1. The van der Waals surface area contributed by atoms with Crippen molar-refractivity contribution in [3.05, 3.63) is 70.3 Å². The number of aromatic carboxylic acids is 1. The average Bonchev–Trinajstić information content (AvgIpc) is 2.73. The van der Waals surface area contributed by atoms with Gasteiger partial charge in [0.05, 0.1) is 11.1 Å². The third kappa shape index (κ3) is 4.85. The number of amides is 1. The summed E-state index contributed by atoms with van der Waals surface area (Å²) in [7, 11) is 0. The molecule has 0 aliphatic heterocycles. The van der Waals surface area contributed by atoms with Gasteiger partial charge in [0.1, 0.15) is 0 Å². The first-order valence-electron chi connectivity index (χ1n) is 10.8. The monoisotopic (exact) mass is 437 g/mol. The van der Waals surface area contributed by atoms with Gasteiger partial charge in [0.15, 0.2) is 6.73 Å². The van der Waals surface area contributed by atoms with Crippen LogP contribution in [0.3, 0.4) is 0 Å².